The molecule has 158 valence electrons. The van der Waals surface area contributed by atoms with Crippen molar-refractivity contribution >= 4 is 17.0 Å². The zero-order chi connectivity index (χ0) is 21.3. The number of oxazole rings is 1. The Bertz CT molecular complexity index is 976. The van der Waals surface area contributed by atoms with Crippen molar-refractivity contribution in [1.29, 1.82) is 0 Å². The van der Waals surface area contributed by atoms with Gasteiger partial charge >= 0.3 is 0 Å². The van der Waals surface area contributed by atoms with Crippen molar-refractivity contribution in [1.82, 2.24) is 9.88 Å². The fourth-order valence-electron chi connectivity index (χ4n) is 3.96. The first-order valence-electron chi connectivity index (χ1n) is 10.7. The second kappa shape index (κ2) is 8.13. The van der Waals surface area contributed by atoms with Crippen LogP contribution in [0, 0.1) is 0 Å². The predicted octanol–water partition coefficient (Wildman–Crippen LogP) is 5.30. The number of carbonyl (C=O) groups excluding carboxylic acids is 1. The summed E-state index contributed by atoms with van der Waals surface area (Å²) in [6.07, 6.45) is 1.20. The zero-order valence-electron chi connectivity index (χ0n) is 18.2. The molecule has 1 saturated heterocycles. The van der Waals surface area contributed by atoms with E-state index in [0.717, 1.165) is 35.6 Å². The Morgan fingerprint density at radius 1 is 1.10 bits per heavy atom. The number of amides is 1. The van der Waals surface area contributed by atoms with Crippen LogP contribution in [-0.4, -0.2) is 35.0 Å². The first kappa shape index (κ1) is 20.5. The van der Waals surface area contributed by atoms with Gasteiger partial charge in [-0.05, 0) is 55.0 Å². The molecule has 1 aromatic heterocycles. The molecule has 2 aromatic carbocycles. The Morgan fingerprint density at radius 3 is 2.40 bits per heavy atom. The van der Waals surface area contributed by atoms with Crippen LogP contribution in [0.2, 0.25) is 0 Å². The lowest BCUT2D eigenvalue weighted by Crippen LogP contribution is -2.44. The van der Waals surface area contributed by atoms with Gasteiger partial charge in [0, 0.05) is 19.0 Å². The van der Waals surface area contributed by atoms with E-state index in [2.05, 4.69) is 37.9 Å². The Morgan fingerprint density at radius 2 is 1.77 bits per heavy atom. The van der Waals surface area contributed by atoms with Crippen LogP contribution in [0.15, 0.2) is 52.9 Å². The summed E-state index contributed by atoms with van der Waals surface area (Å²) >= 11 is 0. The first-order chi connectivity index (χ1) is 14.3. The molecule has 4 rings (SSSR count). The van der Waals surface area contributed by atoms with E-state index in [1.54, 1.807) is 0 Å². The van der Waals surface area contributed by atoms with Crippen molar-refractivity contribution in [3.8, 4) is 5.75 Å². The molecule has 1 aliphatic heterocycles. The number of likely N-dealkylation sites (tertiary alicyclic amines) is 1. The van der Waals surface area contributed by atoms with Gasteiger partial charge in [-0.1, -0.05) is 45.0 Å². The number of aromatic nitrogens is 1. The van der Waals surface area contributed by atoms with Gasteiger partial charge in [0.25, 0.3) is 5.91 Å². The number of carbonyl (C=O) groups is 1. The maximum absolute atomic E-state index is 12.9. The van der Waals surface area contributed by atoms with Crippen molar-refractivity contribution in [2.75, 3.05) is 13.1 Å². The number of para-hydroxylation sites is 2. The molecule has 5 nitrogen and oxygen atoms in total. The van der Waals surface area contributed by atoms with Gasteiger partial charge in [0.05, 0.1) is 0 Å². The zero-order valence-corrected chi connectivity index (χ0v) is 18.2. The largest absolute Gasteiger partial charge is 0.481 e. The number of benzene rings is 2. The number of hydrogen-bond acceptors (Lipinski definition) is 4. The van der Waals surface area contributed by atoms with Crippen molar-refractivity contribution in [2.24, 2.45) is 0 Å². The SMILES string of the molecule is C[C@@H](Oc1ccc(C(C)(C)C)cc1)C(=O)N1CCC(c2nc3ccccc3o2)CC1. The summed E-state index contributed by atoms with van der Waals surface area (Å²) in [6, 6.07) is 15.9. The van der Waals surface area contributed by atoms with Crippen LogP contribution in [-0.2, 0) is 10.2 Å². The number of fused-ring (bicyclic) bond motifs is 1. The number of nitrogens with zero attached hydrogens (tertiary/aromatic N) is 2. The number of rotatable bonds is 4. The van der Waals surface area contributed by atoms with E-state index in [1.807, 2.05) is 48.2 Å². The van der Waals surface area contributed by atoms with Gasteiger partial charge in [-0.3, -0.25) is 4.79 Å². The van der Waals surface area contributed by atoms with Gasteiger partial charge < -0.3 is 14.1 Å². The van der Waals surface area contributed by atoms with Crippen LogP contribution in [0.5, 0.6) is 5.75 Å². The van der Waals surface area contributed by atoms with Crippen molar-refractivity contribution in [2.45, 2.75) is 58.0 Å². The lowest BCUT2D eigenvalue weighted by molar-refractivity contribution is -0.139. The van der Waals surface area contributed by atoms with Gasteiger partial charge in [-0.25, -0.2) is 4.98 Å². The summed E-state index contributed by atoms with van der Waals surface area (Å²) in [7, 11) is 0. The maximum Gasteiger partial charge on any atom is 0.263 e. The highest BCUT2D eigenvalue weighted by Gasteiger charge is 2.30. The highest BCUT2D eigenvalue weighted by molar-refractivity contribution is 5.81. The summed E-state index contributed by atoms with van der Waals surface area (Å²) in [6.45, 7) is 9.75. The average Bonchev–Trinajstić information content (AvgIpc) is 3.17. The fourth-order valence-corrected chi connectivity index (χ4v) is 3.96. The molecule has 0 unspecified atom stereocenters. The molecule has 3 aromatic rings. The van der Waals surface area contributed by atoms with Gasteiger partial charge in [-0.2, -0.15) is 0 Å². The molecular weight excluding hydrogens is 376 g/mol. The van der Waals surface area contributed by atoms with Gasteiger partial charge in [0.1, 0.15) is 11.3 Å². The van der Waals surface area contributed by atoms with E-state index in [9.17, 15) is 4.79 Å². The van der Waals surface area contributed by atoms with E-state index < -0.39 is 6.10 Å². The van der Waals surface area contributed by atoms with Gasteiger partial charge in [0.15, 0.2) is 17.6 Å². The maximum atomic E-state index is 12.9. The summed E-state index contributed by atoms with van der Waals surface area (Å²) in [5.74, 6) is 1.80. The summed E-state index contributed by atoms with van der Waals surface area (Å²) < 4.78 is 11.9. The van der Waals surface area contributed by atoms with Gasteiger partial charge in [0.2, 0.25) is 0 Å². The normalized spacial score (nSPS) is 16.6. The molecule has 0 spiro atoms. The smallest absolute Gasteiger partial charge is 0.263 e. The lowest BCUT2D eigenvalue weighted by Gasteiger charge is -2.32. The van der Waals surface area contributed by atoms with E-state index in [1.165, 1.54) is 5.56 Å². The molecule has 0 N–H and O–H groups in total. The lowest BCUT2D eigenvalue weighted by atomic mass is 9.87. The molecule has 0 saturated carbocycles. The minimum absolute atomic E-state index is 0.0333. The molecule has 1 amide bonds. The molecule has 1 aliphatic rings. The van der Waals surface area contributed by atoms with Crippen LogP contribution >= 0.6 is 0 Å². The highest BCUT2D eigenvalue weighted by Crippen LogP contribution is 2.30. The fraction of sp³-hybridized carbons (Fsp3) is 0.440. The summed E-state index contributed by atoms with van der Waals surface area (Å²) in [5.41, 5.74) is 3.06. The van der Waals surface area contributed by atoms with Crippen LogP contribution in [0.4, 0.5) is 0 Å². The minimum Gasteiger partial charge on any atom is -0.481 e. The van der Waals surface area contributed by atoms with Crippen LogP contribution in [0.1, 0.15) is 57.9 Å². The molecule has 0 aliphatic carbocycles. The van der Waals surface area contributed by atoms with E-state index in [0.29, 0.717) is 13.1 Å². The third-order valence-corrected chi connectivity index (χ3v) is 5.85. The van der Waals surface area contributed by atoms with Crippen LogP contribution in [0.3, 0.4) is 0 Å². The molecule has 1 fully saturated rings. The minimum atomic E-state index is -0.508. The van der Waals surface area contributed by atoms with Crippen LogP contribution in [0.25, 0.3) is 11.1 Å². The van der Waals surface area contributed by atoms with Crippen LogP contribution < -0.4 is 4.74 Å². The second-order valence-corrected chi connectivity index (χ2v) is 9.15. The van der Waals surface area contributed by atoms with Crippen molar-refractivity contribution in [3.63, 3.8) is 0 Å². The molecule has 5 heteroatoms. The average molecular weight is 407 g/mol. The molecule has 30 heavy (non-hydrogen) atoms. The monoisotopic (exact) mass is 406 g/mol. The molecule has 0 bridgehead atoms. The predicted molar refractivity (Wildman–Crippen MR) is 118 cm³/mol. The molecule has 0 radical (unpaired) electrons. The first-order valence-corrected chi connectivity index (χ1v) is 10.7. The molecule has 1 atom stereocenters. The number of piperidine rings is 1. The van der Waals surface area contributed by atoms with Gasteiger partial charge in [-0.15, -0.1) is 0 Å². The highest BCUT2D eigenvalue weighted by atomic mass is 16.5. The molecular formula is C25H30N2O3. The Kier molecular flexibility index (Phi) is 5.54. The molecule has 2 heterocycles. The second-order valence-electron chi connectivity index (χ2n) is 9.15. The third-order valence-electron chi connectivity index (χ3n) is 5.85. The number of ether oxygens (including phenoxy) is 1. The Labute approximate surface area is 178 Å². The van der Waals surface area contributed by atoms with Crippen molar-refractivity contribution in [3.05, 3.63) is 60.0 Å². The summed E-state index contributed by atoms with van der Waals surface area (Å²) in [5, 5.41) is 0. The van der Waals surface area contributed by atoms with Crippen molar-refractivity contribution < 1.29 is 13.9 Å². The van der Waals surface area contributed by atoms with E-state index in [4.69, 9.17) is 9.15 Å². The topological polar surface area (TPSA) is 55.6 Å². The van der Waals surface area contributed by atoms with E-state index in [-0.39, 0.29) is 17.2 Å². The number of hydrogen-bond donors (Lipinski definition) is 0. The standard InChI is InChI=1S/C25H30N2O3/c1-17(29-20-11-9-19(10-12-20)25(2,3)4)24(28)27-15-13-18(14-16-27)23-26-21-7-5-6-8-22(21)30-23/h5-12,17-18H,13-16H2,1-4H3/t17-/m1/s1. The Hall–Kier alpha value is -2.82. The summed E-state index contributed by atoms with van der Waals surface area (Å²) in [4.78, 5) is 19.4. The van der Waals surface area contributed by atoms with E-state index >= 15 is 0 Å². The quantitative estimate of drug-likeness (QED) is 0.590. The Balaban J connectivity index is 1.33. The third kappa shape index (κ3) is 4.35.